The Morgan fingerprint density at radius 1 is 1.09 bits per heavy atom. The van der Waals surface area contributed by atoms with E-state index in [1.54, 1.807) is 54.6 Å². The summed E-state index contributed by atoms with van der Waals surface area (Å²) in [5, 5.41) is 12.3. The number of halogens is 2. The number of amides is 1. The van der Waals surface area contributed by atoms with E-state index < -0.39 is 0 Å². The lowest BCUT2D eigenvalue weighted by atomic mass is 10.2. The third-order valence-electron chi connectivity index (χ3n) is 2.60. The Bertz CT molecular complexity index is 737. The lowest BCUT2D eigenvalue weighted by molar-refractivity contribution is 0.0967. The van der Waals surface area contributed by atoms with Crippen LogP contribution in [-0.2, 0) is 0 Å². The van der Waals surface area contributed by atoms with Gasteiger partial charge in [-0.25, -0.2) is 0 Å². The fraction of sp³-hybridized carbons (Fsp3) is 0. The molecule has 0 aliphatic heterocycles. The molecule has 22 heavy (non-hydrogen) atoms. The first kappa shape index (κ1) is 16.4. The third-order valence-corrected chi connectivity index (χ3v) is 4.17. The summed E-state index contributed by atoms with van der Waals surface area (Å²) in [5.74, 6) is -0.382. The topological polar surface area (TPSA) is 52.9 Å². The van der Waals surface area contributed by atoms with Crippen molar-refractivity contribution in [2.45, 2.75) is 4.90 Å². The fourth-order valence-corrected chi connectivity index (χ4v) is 2.71. The monoisotopic (exact) mass is 348 g/mol. The van der Waals surface area contributed by atoms with Crippen molar-refractivity contribution in [1.82, 2.24) is 5.32 Å². The van der Waals surface area contributed by atoms with E-state index in [-0.39, 0.29) is 16.0 Å². The minimum absolute atomic E-state index is 0.00969. The summed E-state index contributed by atoms with van der Waals surface area (Å²) in [6.45, 7) is 0. The second kappa shape index (κ2) is 7.90. The predicted octanol–water partition coefficient (Wildman–Crippen LogP) is 4.79. The number of hydrogen-bond acceptors (Lipinski definition) is 3. The van der Waals surface area contributed by atoms with Crippen molar-refractivity contribution in [1.29, 1.82) is 5.26 Å². The highest BCUT2D eigenvalue weighted by molar-refractivity contribution is 8.04. The van der Waals surface area contributed by atoms with E-state index in [1.807, 2.05) is 6.07 Å². The molecule has 3 nitrogen and oxygen atoms in total. The van der Waals surface area contributed by atoms with Crippen molar-refractivity contribution < 1.29 is 4.79 Å². The fourth-order valence-electron chi connectivity index (χ4n) is 1.55. The molecule has 0 atom stereocenters. The van der Waals surface area contributed by atoms with Crippen LogP contribution in [0.3, 0.4) is 0 Å². The number of carbonyl (C=O) groups is 1. The van der Waals surface area contributed by atoms with Crippen LogP contribution in [0.1, 0.15) is 10.4 Å². The molecule has 1 amide bonds. The van der Waals surface area contributed by atoms with Crippen molar-refractivity contribution in [3.05, 3.63) is 75.2 Å². The van der Waals surface area contributed by atoms with Gasteiger partial charge in [-0.15, -0.1) is 0 Å². The summed E-state index contributed by atoms with van der Waals surface area (Å²) in [4.78, 5) is 12.8. The number of nitrogens with zero attached hydrogens (tertiary/aromatic N) is 1. The van der Waals surface area contributed by atoms with Gasteiger partial charge < -0.3 is 5.32 Å². The van der Waals surface area contributed by atoms with Crippen LogP contribution >= 0.6 is 35.0 Å². The van der Waals surface area contributed by atoms with Crippen molar-refractivity contribution in [3.8, 4) is 6.07 Å². The van der Waals surface area contributed by atoms with Gasteiger partial charge in [0.25, 0.3) is 5.91 Å². The molecule has 0 aromatic heterocycles. The zero-order chi connectivity index (χ0) is 15.9. The Balaban J connectivity index is 2.14. The van der Waals surface area contributed by atoms with Gasteiger partial charge in [-0.05, 0) is 36.4 Å². The van der Waals surface area contributed by atoms with E-state index in [0.717, 1.165) is 4.90 Å². The molecule has 0 radical (unpaired) electrons. The lowest BCUT2D eigenvalue weighted by Gasteiger charge is -2.06. The Kier molecular flexibility index (Phi) is 5.91. The van der Waals surface area contributed by atoms with Crippen molar-refractivity contribution >= 4 is 40.9 Å². The SMILES string of the molecule is N#C/C(NC(=O)c1ccccc1)=C(\Cl)Sc1ccc(Cl)cc1. The summed E-state index contributed by atoms with van der Waals surface area (Å²) in [5.41, 5.74) is 0.465. The predicted molar refractivity (Wildman–Crippen MR) is 89.7 cm³/mol. The van der Waals surface area contributed by atoms with Crippen LogP contribution < -0.4 is 5.32 Å². The first-order valence-corrected chi connectivity index (χ1v) is 7.77. The van der Waals surface area contributed by atoms with Gasteiger partial charge in [-0.3, -0.25) is 4.79 Å². The highest BCUT2D eigenvalue weighted by Gasteiger charge is 2.11. The lowest BCUT2D eigenvalue weighted by Crippen LogP contribution is -2.22. The number of rotatable bonds is 4. The number of thioether (sulfide) groups is 1. The molecular weight excluding hydrogens is 339 g/mol. The van der Waals surface area contributed by atoms with Gasteiger partial charge >= 0.3 is 0 Å². The van der Waals surface area contributed by atoms with E-state index >= 15 is 0 Å². The highest BCUT2D eigenvalue weighted by atomic mass is 35.5. The molecule has 110 valence electrons. The Labute approximate surface area is 142 Å². The molecule has 0 saturated carbocycles. The Hall–Kier alpha value is -1.93. The molecule has 2 aromatic rings. The molecule has 0 spiro atoms. The largest absolute Gasteiger partial charge is 0.311 e. The maximum atomic E-state index is 12.0. The first-order valence-electron chi connectivity index (χ1n) is 6.20. The van der Waals surface area contributed by atoms with Crippen LogP contribution in [-0.4, -0.2) is 5.91 Å². The molecule has 0 heterocycles. The van der Waals surface area contributed by atoms with Gasteiger partial charge in [-0.2, -0.15) is 5.26 Å². The smallest absolute Gasteiger partial charge is 0.256 e. The van der Waals surface area contributed by atoms with Gasteiger partial charge in [0.1, 0.15) is 16.1 Å². The van der Waals surface area contributed by atoms with Gasteiger partial charge in [-0.1, -0.05) is 53.2 Å². The zero-order valence-corrected chi connectivity index (χ0v) is 13.5. The highest BCUT2D eigenvalue weighted by Crippen LogP contribution is 2.31. The average Bonchev–Trinajstić information content (AvgIpc) is 2.55. The molecular formula is C16H10Cl2N2OS. The third kappa shape index (κ3) is 4.54. The summed E-state index contributed by atoms with van der Waals surface area (Å²) in [7, 11) is 0. The summed E-state index contributed by atoms with van der Waals surface area (Å²) in [6, 6.07) is 17.5. The molecule has 0 unspecified atom stereocenters. The number of allylic oxidation sites excluding steroid dienone is 1. The molecule has 2 rings (SSSR count). The molecule has 0 fully saturated rings. The molecule has 0 bridgehead atoms. The van der Waals surface area contributed by atoms with Crippen LogP contribution in [0.25, 0.3) is 0 Å². The second-order valence-electron chi connectivity index (χ2n) is 4.14. The normalized spacial score (nSPS) is 11.3. The van der Waals surface area contributed by atoms with E-state index in [9.17, 15) is 10.1 Å². The van der Waals surface area contributed by atoms with Gasteiger partial charge in [0, 0.05) is 15.5 Å². The summed E-state index contributed by atoms with van der Waals surface area (Å²) >= 11 is 13.1. The Morgan fingerprint density at radius 2 is 1.73 bits per heavy atom. The van der Waals surface area contributed by atoms with Crippen LogP contribution in [0.2, 0.25) is 5.02 Å². The quantitative estimate of drug-likeness (QED) is 0.638. The van der Waals surface area contributed by atoms with Gasteiger partial charge in [0.05, 0.1) is 0 Å². The minimum Gasteiger partial charge on any atom is -0.311 e. The second-order valence-corrected chi connectivity index (χ2v) is 6.26. The summed E-state index contributed by atoms with van der Waals surface area (Å²) in [6.07, 6.45) is 0. The van der Waals surface area contributed by atoms with Crippen molar-refractivity contribution in [2.24, 2.45) is 0 Å². The molecule has 0 aliphatic carbocycles. The van der Waals surface area contributed by atoms with E-state index in [2.05, 4.69) is 5.32 Å². The Morgan fingerprint density at radius 3 is 2.32 bits per heavy atom. The van der Waals surface area contributed by atoms with Gasteiger partial charge in [0.2, 0.25) is 0 Å². The molecule has 0 saturated heterocycles. The maximum absolute atomic E-state index is 12.0. The molecule has 2 aromatic carbocycles. The van der Waals surface area contributed by atoms with Crippen LogP contribution in [0.4, 0.5) is 0 Å². The molecule has 1 N–H and O–H groups in total. The maximum Gasteiger partial charge on any atom is 0.256 e. The van der Waals surface area contributed by atoms with E-state index in [4.69, 9.17) is 23.2 Å². The molecule has 6 heteroatoms. The number of benzene rings is 2. The minimum atomic E-state index is -0.382. The van der Waals surface area contributed by atoms with Crippen LogP contribution in [0, 0.1) is 11.3 Å². The first-order chi connectivity index (χ1) is 10.6. The van der Waals surface area contributed by atoms with Crippen LogP contribution in [0.5, 0.6) is 0 Å². The average molecular weight is 349 g/mol. The standard InChI is InChI=1S/C16H10Cl2N2OS/c17-12-6-8-13(9-7-12)22-15(18)14(10-19)20-16(21)11-4-2-1-3-5-11/h1-9H,(H,20,21)/b15-14-. The van der Waals surface area contributed by atoms with Crippen molar-refractivity contribution in [2.75, 3.05) is 0 Å². The number of nitriles is 1. The number of hydrogen-bond donors (Lipinski definition) is 1. The van der Waals surface area contributed by atoms with E-state index in [0.29, 0.717) is 10.6 Å². The number of nitrogens with one attached hydrogen (secondary N) is 1. The van der Waals surface area contributed by atoms with Gasteiger partial charge in [0.15, 0.2) is 0 Å². The molecule has 0 aliphatic rings. The van der Waals surface area contributed by atoms with Crippen LogP contribution in [0.15, 0.2) is 69.6 Å². The summed E-state index contributed by atoms with van der Waals surface area (Å²) < 4.78 is 0.189. The zero-order valence-electron chi connectivity index (χ0n) is 11.2. The number of carbonyl (C=O) groups excluding carboxylic acids is 1. The van der Waals surface area contributed by atoms with Crippen molar-refractivity contribution in [3.63, 3.8) is 0 Å². The van der Waals surface area contributed by atoms with E-state index in [1.165, 1.54) is 11.8 Å².